The molecule has 2 bridgehead atoms. The molecule has 0 unspecified atom stereocenters. The van der Waals surface area contributed by atoms with E-state index in [1.54, 1.807) is 0 Å². The average molecular weight is 299 g/mol. The van der Waals surface area contributed by atoms with Gasteiger partial charge in [-0.15, -0.1) is 11.6 Å². The van der Waals surface area contributed by atoms with Crippen LogP contribution < -0.4 is 0 Å². The highest BCUT2D eigenvalue weighted by Crippen LogP contribution is 2.61. The fraction of sp³-hybridized carbons (Fsp3) is 0.875. The molecule has 12 heavy (non-hydrogen) atoms. The number of halogens is 2. The van der Waals surface area contributed by atoms with Crippen LogP contribution in [0.1, 0.15) is 12.8 Å². The van der Waals surface area contributed by atoms with Gasteiger partial charge < -0.3 is 4.74 Å². The van der Waals surface area contributed by atoms with Crippen molar-refractivity contribution in [1.82, 2.24) is 0 Å². The van der Waals surface area contributed by atoms with Crippen LogP contribution >= 0.6 is 34.2 Å². The molecule has 2 nitrogen and oxygen atoms in total. The predicted octanol–water partition coefficient (Wildman–Crippen LogP) is 1.73. The maximum absolute atomic E-state index is 11.4. The number of carbonyl (C=O) groups excluding carboxylic acids is 1. The standard InChI is InChI=1S/C8H8ClIO2/c9-8-2-3-1-4(8)6(5(3)10)12-7(8)11/h3-6H,1-2H2/t3-,4+,5-,6+,8-/m1/s1. The minimum absolute atomic E-state index is 0.120. The second-order valence-electron chi connectivity index (χ2n) is 3.98. The Kier molecular flexibility index (Phi) is 1.38. The molecule has 5 atom stereocenters. The van der Waals surface area contributed by atoms with E-state index in [1.807, 2.05) is 0 Å². The van der Waals surface area contributed by atoms with E-state index in [2.05, 4.69) is 22.6 Å². The number of alkyl halides is 2. The Morgan fingerprint density at radius 1 is 1.67 bits per heavy atom. The summed E-state index contributed by atoms with van der Waals surface area (Å²) in [4.78, 5) is 10.8. The first-order valence-electron chi connectivity index (χ1n) is 4.17. The van der Waals surface area contributed by atoms with Crippen LogP contribution in [-0.4, -0.2) is 20.9 Å². The fourth-order valence-electron chi connectivity index (χ4n) is 2.86. The highest BCUT2D eigenvalue weighted by Gasteiger charge is 2.69. The average Bonchev–Trinajstić information content (AvgIpc) is 2.53. The van der Waals surface area contributed by atoms with Gasteiger partial charge >= 0.3 is 5.97 Å². The van der Waals surface area contributed by atoms with Gasteiger partial charge in [-0.2, -0.15) is 0 Å². The minimum atomic E-state index is -0.628. The molecule has 3 aliphatic rings. The molecule has 2 aliphatic carbocycles. The van der Waals surface area contributed by atoms with Gasteiger partial charge in [0.15, 0.2) is 0 Å². The zero-order chi connectivity index (χ0) is 8.51. The van der Waals surface area contributed by atoms with Crippen molar-refractivity contribution in [3.05, 3.63) is 0 Å². The normalized spacial score (nSPS) is 61.0. The molecule has 0 N–H and O–H groups in total. The Hall–Kier alpha value is 0.490. The van der Waals surface area contributed by atoms with Gasteiger partial charge in [0.25, 0.3) is 0 Å². The van der Waals surface area contributed by atoms with E-state index < -0.39 is 4.87 Å². The van der Waals surface area contributed by atoms with Crippen molar-refractivity contribution in [1.29, 1.82) is 0 Å². The van der Waals surface area contributed by atoms with E-state index in [-0.39, 0.29) is 12.1 Å². The number of hydrogen-bond acceptors (Lipinski definition) is 2. The smallest absolute Gasteiger partial charge is 0.327 e. The third kappa shape index (κ3) is 0.672. The van der Waals surface area contributed by atoms with Crippen molar-refractivity contribution >= 4 is 40.2 Å². The minimum Gasteiger partial charge on any atom is -0.460 e. The number of carbonyl (C=O) groups is 1. The first kappa shape index (κ1) is 7.85. The molecule has 4 heteroatoms. The lowest BCUT2D eigenvalue weighted by Gasteiger charge is -2.24. The molecule has 0 aromatic carbocycles. The molecule has 0 aromatic rings. The van der Waals surface area contributed by atoms with Crippen LogP contribution in [0, 0.1) is 11.8 Å². The summed E-state index contributed by atoms with van der Waals surface area (Å²) < 4.78 is 5.78. The van der Waals surface area contributed by atoms with Crippen LogP contribution in [0.25, 0.3) is 0 Å². The van der Waals surface area contributed by atoms with Gasteiger partial charge in [-0.05, 0) is 18.8 Å². The summed E-state index contributed by atoms with van der Waals surface area (Å²) >= 11 is 8.63. The molecule has 1 aliphatic heterocycles. The Morgan fingerprint density at radius 3 is 3.00 bits per heavy atom. The summed E-state index contributed by atoms with van der Waals surface area (Å²) in [6.07, 6.45) is 2.05. The van der Waals surface area contributed by atoms with Gasteiger partial charge in [0, 0.05) is 5.92 Å². The Labute approximate surface area is 89.1 Å². The third-order valence-electron chi connectivity index (χ3n) is 3.45. The van der Waals surface area contributed by atoms with Gasteiger partial charge in [0.1, 0.15) is 11.0 Å². The van der Waals surface area contributed by atoms with Crippen LogP contribution in [0.3, 0.4) is 0 Å². The SMILES string of the molecule is O=C1O[C@@H]2[C@H](I)[C@@H]3C[C@@H]2[C@]1(Cl)C3. The third-order valence-corrected chi connectivity index (χ3v) is 5.76. The van der Waals surface area contributed by atoms with Crippen LogP contribution in [0.2, 0.25) is 0 Å². The molecule has 1 saturated heterocycles. The van der Waals surface area contributed by atoms with Gasteiger partial charge in [-0.1, -0.05) is 22.6 Å². The summed E-state index contributed by atoms with van der Waals surface area (Å²) in [7, 11) is 0. The molecular weight excluding hydrogens is 290 g/mol. The first-order chi connectivity index (χ1) is 5.63. The Balaban J connectivity index is 2.09. The largest absolute Gasteiger partial charge is 0.460 e. The molecule has 0 spiro atoms. The number of ether oxygens (including phenoxy) is 1. The van der Waals surface area contributed by atoms with E-state index in [0.29, 0.717) is 15.8 Å². The zero-order valence-electron chi connectivity index (χ0n) is 6.30. The topological polar surface area (TPSA) is 26.3 Å². The lowest BCUT2D eigenvalue weighted by atomic mass is 9.89. The zero-order valence-corrected chi connectivity index (χ0v) is 9.21. The van der Waals surface area contributed by atoms with Crippen molar-refractivity contribution < 1.29 is 9.53 Å². The monoisotopic (exact) mass is 298 g/mol. The van der Waals surface area contributed by atoms with Crippen LogP contribution in [-0.2, 0) is 9.53 Å². The van der Waals surface area contributed by atoms with Gasteiger partial charge in [0.05, 0.1) is 3.92 Å². The number of fused-ring (bicyclic) bond motifs is 1. The molecule has 0 amide bonds. The number of hydrogen-bond donors (Lipinski definition) is 0. The Bertz CT molecular complexity index is 270. The molecule has 1 heterocycles. The molecule has 3 fully saturated rings. The van der Waals surface area contributed by atoms with Crippen LogP contribution in [0.5, 0.6) is 0 Å². The fourth-order valence-corrected chi connectivity index (χ4v) is 4.51. The molecule has 2 saturated carbocycles. The lowest BCUT2D eigenvalue weighted by molar-refractivity contribution is -0.142. The van der Waals surface area contributed by atoms with Crippen LogP contribution in [0.4, 0.5) is 0 Å². The van der Waals surface area contributed by atoms with Crippen molar-refractivity contribution in [2.75, 3.05) is 0 Å². The van der Waals surface area contributed by atoms with E-state index in [9.17, 15) is 4.79 Å². The Morgan fingerprint density at radius 2 is 2.42 bits per heavy atom. The second-order valence-corrected chi connectivity index (χ2v) is 6.10. The summed E-state index contributed by atoms with van der Waals surface area (Å²) in [5, 5.41) is 0. The van der Waals surface area contributed by atoms with Gasteiger partial charge in [0.2, 0.25) is 0 Å². The molecule has 3 rings (SSSR count). The second kappa shape index (κ2) is 2.11. The lowest BCUT2D eigenvalue weighted by Crippen LogP contribution is -2.36. The highest BCUT2D eigenvalue weighted by molar-refractivity contribution is 14.1. The maximum Gasteiger partial charge on any atom is 0.327 e. The van der Waals surface area contributed by atoms with E-state index in [0.717, 1.165) is 12.8 Å². The molecular formula is C8H8ClIO2. The van der Waals surface area contributed by atoms with Crippen molar-refractivity contribution in [2.45, 2.75) is 27.7 Å². The summed E-state index contributed by atoms with van der Waals surface area (Å²) in [5.74, 6) is 0.754. The van der Waals surface area contributed by atoms with E-state index >= 15 is 0 Å². The summed E-state index contributed by atoms with van der Waals surface area (Å²) in [6, 6.07) is 0. The van der Waals surface area contributed by atoms with Crippen molar-refractivity contribution in [3.63, 3.8) is 0 Å². The van der Waals surface area contributed by atoms with Crippen molar-refractivity contribution in [2.24, 2.45) is 11.8 Å². The van der Waals surface area contributed by atoms with Gasteiger partial charge in [-0.25, -0.2) is 0 Å². The molecule has 0 aromatic heterocycles. The quantitative estimate of drug-likeness (QED) is 0.387. The number of rotatable bonds is 0. The predicted molar refractivity (Wildman–Crippen MR) is 52.5 cm³/mol. The van der Waals surface area contributed by atoms with Crippen LogP contribution in [0.15, 0.2) is 0 Å². The summed E-state index contributed by atoms with van der Waals surface area (Å²) in [6.45, 7) is 0. The molecule has 0 radical (unpaired) electrons. The maximum atomic E-state index is 11.4. The van der Waals surface area contributed by atoms with E-state index in [1.165, 1.54) is 0 Å². The number of esters is 1. The van der Waals surface area contributed by atoms with E-state index in [4.69, 9.17) is 16.3 Å². The van der Waals surface area contributed by atoms with Crippen molar-refractivity contribution in [3.8, 4) is 0 Å². The summed E-state index contributed by atoms with van der Waals surface area (Å²) in [5.41, 5.74) is 0. The first-order valence-corrected chi connectivity index (χ1v) is 5.79. The van der Waals surface area contributed by atoms with Gasteiger partial charge in [-0.3, -0.25) is 4.79 Å². The molecule has 66 valence electrons. The highest BCUT2D eigenvalue weighted by atomic mass is 127.